The van der Waals surface area contributed by atoms with E-state index >= 15 is 0 Å². The molecule has 32 heavy (non-hydrogen) atoms. The molecule has 3 aromatic rings. The average molecular weight is 457 g/mol. The van der Waals surface area contributed by atoms with Crippen molar-refractivity contribution in [1.29, 1.82) is 0 Å². The van der Waals surface area contributed by atoms with Crippen LogP contribution >= 0.6 is 0 Å². The Morgan fingerprint density at radius 1 is 0.969 bits per heavy atom. The van der Waals surface area contributed by atoms with Crippen LogP contribution in [0.25, 0.3) is 10.8 Å². The summed E-state index contributed by atoms with van der Waals surface area (Å²) in [6.45, 7) is 8.11. The van der Waals surface area contributed by atoms with Crippen molar-refractivity contribution in [1.82, 2.24) is 4.90 Å². The second-order valence-electron chi connectivity index (χ2n) is 7.17. The zero-order valence-electron chi connectivity index (χ0n) is 18.4. The summed E-state index contributed by atoms with van der Waals surface area (Å²) in [6.07, 6.45) is 0. The van der Waals surface area contributed by atoms with E-state index in [1.807, 2.05) is 30.3 Å². The van der Waals surface area contributed by atoms with Gasteiger partial charge >= 0.3 is 0 Å². The molecular formula is C23H28N4O4S. The monoisotopic (exact) mass is 456 g/mol. The van der Waals surface area contributed by atoms with Crippen molar-refractivity contribution in [3.8, 4) is 5.75 Å². The largest absolute Gasteiger partial charge is 0.497 e. The minimum Gasteiger partial charge on any atom is -0.497 e. The molecule has 0 radical (unpaired) electrons. The fraction of sp³-hybridized carbons (Fsp3) is 0.304. The normalized spacial score (nSPS) is 12.0. The third-order valence-corrected chi connectivity index (χ3v) is 6.11. The van der Waals surface area contributed by atoms with Crippen molar-refractivity contribution in [3.63, 3.8) is 0 Å². The van der Waals surface area contributed by atoms with E-state index in [4.69, 9.17) is 9.29 Å². The maximum Gasteiger partial charge on any atom is 0.294 e. The highest BCUT2D eigenvalue weighted by atomic mass is 32.2. The number of rotatable bonds is 10. The molecule has 0 heterocycles. The van der Waals surface area contributed by atoms with E-state index < -0.39 is 10.1 Å². The van der Waals surface area contributed by atoms with Crippen molar-refractivity contribution in [2.75, 3.05) is 38.6 Å². The number of benzene rings is 3. The third-order valence-electron chi connectivity index (χ3n) is 5.25. The number of methoxy groups -OCH3 is 1. The lowest BCUT2D eigenvalue weighted by Gasteiger charge is -2.19. The predicted octanol–water partition coefficient (Wildman–Crippen LogP) is 5.26. The first-order chi connectivity index (χ1) is 15.4. The first-order valence-corrected chi connectivity index (χ1v) is 11.9. The van der Waals surface area contributed by atoms with Crippen molar-refractivity contribution < 1.29 is 17.7 Å². The van der Waals surface area contributed by atoms with Crippen molar-refractivity contribution >= 4 is 38.0 Å². The van der Waals surface area contributed by atoms with Crippen LogP contribution in [0.2, 0.25) is 0 Å². The molecule has 170 valence electrons. The molecule has 8 nitrogen and oxygen atoms in total. The maximum absolute atomic E-state index is 11.2. The van der Waals surface area contributed by atoms with Gasteiger partial charge in [-0.1, -0.05) is 13.8 Å². The van der Waals surface area contributed by atoms with Gasteiger partial charge in [0.15, 0.2) is 0 Å². The number of hydrogen-bond donors (Lipinski definition) is 2. The summed E-state index contributed by atoms with van der Waals surface area (Å²) >= 11 is 0. The van der Waals surface area contributed by atoms with Gasteiger partial charge in [-0.15, -0.1) is 5.11 Å². The molecule has 0 bridgehead atoms. The Balaban J connectivity index is 1.89. The molecule has 0 saturated carbocycles. The molecule has 0 amide bonds. The van der Waals surface area contributed by atoms with Gasteiger partial charge in [0.25, 0.3) is 10.1 Å². The Bertz CT molecular complexity index is 1190. The van der Waals surface area contributed by atoms with Gasteiger partial charge in [-0.05, 0) is 67.7 Å². The summed E-state index contributed by atoms with van der Waals surface area (Å²) in [5.41, 5.74) is 2.13. The van der Waals surface area contributed by atoms with Gasteiger partial charge in [-0.25, -0.2) is 0 Å². The Kier molecular flexibility index (Phi) is 7.79. The molecule has 3 rings (SSSR count). The molecule has 0 atom stereocenters. The zero-order chi connectivity index (χ0) is 23.1. The van der Waals surface area contributed by atoms with E-state index in [9.17, 15) is 8.42 Å². The number of fused-ring (bicyclic) bond motifs is 1. The van der Waals surface area contributed by atoms with E-state index in [0.29, 0.717) is 17.1 Å². The molecule has 9 heteroatoms. The number of ether oxygens (including phenoxy) is 1. The number of hydrogen-bond acceptors (Lipinski definition) is 7. The quantitative estimate of drug-likeness (QED) is 0.318. The third kappa shape index (κ3) is 5.82. The van der Waals surface area contributed by atoms with Gasteiger partial charge in [-0.2, -0.15) is 13.5 Å². The summed E-state index contributed by atoms with van der Waals surface area (Å²) in [7, 11) is -2.62. The number of anilines is 1. The SMILES string of the molecule is CCN(CC)CCNc1ccc(N=Nc2ccc(S(=O)(=O)O)cc2)c2cc(OC)ccc12. The zero-order valence-corrected chi connectivity index (χ0v) is 19.3. The van der Waals surface area contributed by atoms with E-state index in [0.717, 1.165) is 42.6 Å². The lowest BCUT2D eigenvalue weighted by Crippen LogP contribution is -2.28. The van der Waals surface area contributed by atoms with E-state index in [1.165, 1.54) is 24.3 Å². The Morgan fingerprint density at radius 3 is 2.31 bits per heavy atom. The highest BCUT2D eigenvalue weighted by Crippen LogP contribution is 2.35. The highest BCUT2D eigenvalue weighted by Gasteiger charge is 2.10. The van der Waals surface area contributed by atoms with Crippen LogP contribution < -0.4 is 10.1 Å². The Morgan fingerprint density at radius 2 is 1.69 bits per heavy atom. The predicted molar refractivity (Wildman–Crippen MR) is 127 cm³/mol. The topological polar surface area (TPSA) is 104 Å². The van der Waals surface area contributed by atoms with Crippen LogP contribution in [0.1, 0.15) is 13.8 Å². The molecule has 0 aliphatic carbocycles. The lowest BCUT2D eigenvalue weighted by molar-refractivity contribution is 0.316. The standard InChI is InChI=1S/C23H28N4O4S/c1-4-27(5-2)15-14-24-22-12-13-23(21-16-18(31-3)8-11-20(21)22)26-25-17-6-9-19(10-7-17)32(28,29)30/h6-13,16,24H,4-5,14-15H2,1-3H3,(H,28,29,30). The summed E-state index contributed by atoms with van der Waals surface area (Å²) in [5, 5.41) is 14.0. The van der Waals surface area contributed by atoms with E-state index in [-0.39, 0.29) is 4.90 Å². The van der Waals surface area contributed by atoms with Crippen LogP contribution in [0.5, 0.6) is 5.75 Å². The second kappa shape index (κ2) is 10.5. The minimum absolute atomic E-state index is 0.188. The molecule has 0 unspecified atom stereocenters. The Hall–Kier alpha value is -3.01. The number of nitrogens with zero attached hydrogens (tertiary/aromatic N) is 3. The van der Waals surface area contributed by atoms with E-state index in [2.05, 4.69) is 34.3 Å². The number of azo groups is 1. The molecular weight excluding hydrogens is 428 g/mol. The molecule has 0 fully saturated rings. The second-order valence-corrected chi connectivity index (χ2v) is 8.59. The van der Waals surface area contributed by atoms with Crippen molar-refractivity contribution in [2.24, 2.45) is 10.2 Å². The summed E-state index contributed by atoms with van der Waals surface area (Å²) < 4.78 is 36.9. The van der Waals surface area contributed by atoms with Crippen molar-refractivity contribution in [3.05, 3.63) is 54.6 Å². The molecule has 0 spiro atoms. The average Bonchev–Trinajstić information content (AvgIpc) is 2.80. The molecule has 2 N–H and O–H groups in total. The van der Waals surface area contributed by atoms with Crippen molar-refractivity contribution in [2.45, 2.75) is 18.7 Å². The van der Waals surface area contributed by atoms with Gasteiger partial charge in [0.2, 0.25) is 0 Å². The van der Waals surface area contributed by atoms with Crippen LogP contribution in [-0.2, 0) is 10.1 Å². The fourth-order valence-corrected chi connectivity index (χ4v) is 3.85. The smallest absolute Gasteiger partial charge is 0.294 e. The van der Waals surface area contributed by atoms with Gasteiger partial charge in [-0.3, -0.25) is 4.55 Å². The maximum atomic E-state index is 11.2. The Labute approximate surface area is 188 Å². The lowest BCUT2D eigenvalue weighted by atomic mass is 10.1. The number of likely N-dealkylation sites (N-methyl/N-ethyl adjacent to an activating group) is 1. The first-order valence-electron chi connectivity index (χ1n) is 10.4. The van der Waals surface area contributed by atoms with Crippen LogP contribution in [-0.4, -0.2) is 51.2 Å². The number of nitrogens with one attached hydrogen (secondary N) is 1. The van der Waals surface area contributed by atoms with Crippen LogP contribution in [0.15, 0.2) is 69.7 Å². The van der Waals surface area contributed by atoms with Crippen LogP contribution in [0, 0.1) is 0 Å². The molecule has 0 saturated heterocycles. The fourth-order valence-electron chi connectivity index (χ4n) is 3.37. The van der Waals surface area contributed by atoms with Gasteiger partial charge in [0.1, 0.15) is 5.75 Å². The van der Waals surface area contributed by atoms with E-state index in [1.54, 1.807) is 7.11 Å². The summed E-state index contributed by atoms with van der Waals surface area (Å²) in [4.78, 5) is 2.17. The van der Waals surface area contributed by atoms with Crippen LogP contribution in [0.3, 0.4) is 0 Å². The van der Waals surface area contributed by atoms with Gasteiger partial charge in [0, 0.05) is 29.5 Å². The molecule has 0 aliphatic heterocycles. The molecule has 3 aromatic carbocycles. The first kappa shape index (κ1) is 23.6. The minimum atomic E-state index is -4.24. The van der Waals surface area contributed by atoms with Gasteiger partial charge in [0.05, 0.1) is 23.4 Å². The van der Waals surface area contributed by atoms with Gasteiger partial charge < -0.3 is 15.0 Å². The summed E-state index contributed by atoms with van der Waals surface area (Å²) in [5.74, 6) is 0.715. The van der Waals surface area contributed by atoms with Crippen LogP contribution in [0.4, 0.5) is 17.1 Å². The molecule has 0 aliphatic rings. The summed E-state index contributed by atoms with van der Waals surface area (Å²) in [6, 6.07) is 15.2. The highest BCUT2D eigenvalue weighted by molar-refractivity contribution is 7.85. The molecule has 0 aromatic heterocycles.